The van der Waals surface area contributed by atoms with Gasteiger partial charge in [-0.05, 0) is 42.9 Å². The lowest BCUT2D eigenvalue weighted by Crippen LogP contribution is -2.36. The van der Waals surface area contributed by atoms with E-state index in [0.29, 0.717) is 23.9 Å². The average molecular weight is 366 g/mol. The second-order valence-electron chi connectivity index (χ2n) is 7.86. The van der Waals surface area contributed by atoms with Gasteiger partial charge in [-0.25, -0.2) is 9.97 Å². The summed E-state index contributed by atoms with van der Waals surface area (Å²) in [7, 11) is 0. The van der Waals surface area contributed by atoms with Gasteiger partial charge in [0.05, 0.1) is 0 Å². The molecule has 1 aromatic carbocycles. The number of amides is 1. The van der Waals surface area contributed by atoms with Gasteiger partial charge in [0.1, 0.15) is 23.1 Å². The largest absolute Gasteiger partial charge is 0.508 e. The van der Waals surface area contributed by atoms with Crippen LogP contribution in [0, 0.1) is 5.92 Å². The minimum Gasteiger partial charge on any atom is -0.508 e. The van der Waals surface area contributed by atoms with E-state index in [-0.39, 0.29) is 11.8 Å². The van der Waals surface area contributed by atoms with E-state index in [0.717, 1.165) is 49.6 Å². The zero-order valence-electron chi connectivity index (χ0n) is 15.9. The van der Waals surface area contributed by atoms with E-state index in [2.05, 4.69) is 29.0 Å². The maximum absolute atomic E-state index is 12.3. The van der Waals surface area contributed by atoms with E-state index in [1.54, 1.807) is 12.1 Å². The zero-order valence-corrected chi connectivity index (χ0v) is 15.9. The second kappa shape index (κ2) is 7.18. The summed E-state index contributed by atoms with van der Waals surface area (Å²) in [5.74, 6) is 2.63. The predicted molar refractivity (Wildman–Crippen MR) is 104 cm³/mol. The van der Waals surface area contributed by atoms with Crippen molar-refractivity contribution in [3.63, 3.8) is 0 Å². The summed E-state index contributed by atoms with van der Waals surface area (Å²) in [5.41, 5.74) is 2.79. The molecule has 6 nitrogen and oxygen atoms in total. The Morgan fingerprint density at radius 2 is 2.04 bits per heavy atom. The van der Waals surface area contributed by atoms with Crippen LogP contribution in [0.1, 0.15) is 53.6 Å². The lowest BCUT2D eigenvalue weighted by atomic mass is 9.98. The summed E-state index contributed by atoms with van der Waals surface area (Å²) in [5, 5.41) is 12.4. The molecule has 1 atom stereocenters. The summed E-state index contributed by atoms with van der Waals surface area (Å²) < 4.78 is 0. The van der Waals surface area contributed by atoms with E-state index in [4.69, 9.17) is 4.98 Å². The highest BCUT2D eigenvalue weighted by Gasteiger charge is 2.30. The zero-order chi connectivity index (χ0) is 19.0. The molecule has 3 heterocycles. The van der Waals surface area contributed by atoms with Gasteiger partial charge in [-0.15, -0.1) is 0 Å². The van der Waals surface area contributed by atoms with Crippen molar-refractivity contribution in [3.05, 3.63) is 46.9 Å². The summed E-state index contributed by atoms with van der Waals surface area (Å²) in [6, 6.07) is 7.48. The third-order valence-electron chi connectivity index (χ3n) is 5.44. The minimum absolute atomic E-state index is 0.0818. The Hall–Kier alpha value is -2.63. The first-order valence-electron chi connectivity index (χ1n) is 9.73. The number of phenols is 1. The number of hydrogen-bond acceptors (Lipinski definition) is 5. The van der Waals surface area contributed by atoms with Gasteiger partial charge in [-0.2, -0.15) is 0 Å². The Morgan fingerprint density at radius 3 is 2.78 bits per heavy atom. The maximum atomic E-state index is 12.3. The molecule has 0 spiro atoms. The number of aromatic hydroxyl groups is 1. The maximum Gasteiger partial charge on any atom is 0.270 e. The smallest absolute Gasteiger partial charge is 0.270 e. The summed E-state index contributed by atoms with van der Waals surface area (Å²) in [4.78, 5) is 24.1. The number of carbonyl (C=O) groups excluding carboxylic acids is 1. The van der Waals surface area contributed by atoms with Crippen LogP contribution in [0.4, 0.5) is 5.82 Å². The molecule has 0 aliphatic carbocycles. The molecule has 1 aromatic heterocycles. The molecule has 4 rings (SSSR count). The van der Waals surface area contributed by atoms with Crippen molar-refractivity contribution in [2.24, 2.45) is 5.92 Å². The van der Waals surface area contributed by atoms with Gasteiger partial charge >= 0.3 is 0 Å². The summed E-state index contributed by atoms with van der Waals surface area (Å²) in [6.07, 6.45) is 2.87. The molecule has 1 unspecified atom stereocenters. The van der Waals surface area contributed by atoms with Gasteiger partial charge in [-0.1, -0.05) is 26.0 Å². The summed E-state index contributed by atoms with van der Waals surface area (Å²) >= 11 is 0. The highest BCUT2D eigenvalue weighted by atomic mass is 16.3. The lowest BCUT2D eigenvalue weighted by molar-refractivity contribution is 0.0940. The topological polar surface area (TPSA) is 78.3 Å². The van der Waals surface area contributed by atoms with Gasteiger partial charge < -0.3 is 15.3 Å². The van der Waals surface area contributed by atoms with Crippen molar-refractivity contribution in [2.75, 3.05) is 24.5 Å². The molecule has 27 heavy (non-hydrogen) atoms. The normalized spacial score (nSPS) is 19.3. The first-order chi connectivity index (χ1) is 13.0. The number of aromatic nitrogens is 2. The number of rotatable bonds is 4. The SMILES string of the molecule is CC(C)c1nc2c(c(N3CCC(Cc4ccc(O)cc4)C3)n1)CCNC2=O. The number of fused-ring (bicyclic) bond motifs is 1. The van der Waals surface area contributed by atoms with Crippen LogP contribution in [0.15, 0.2) is 24.3 Å². The molecule has 1 amide bonds. The molecule has 1 saturated heterocycles. The number of anilines is 1. The van der Waals surface area contributed by atoms with Crippen molar-refractivity contribution in [3.8, 4) is 5.75 Å². The van der Waals surface area contributed by atoms with Gasteiger partial charge in [0.15, 0.2) is 0 Å². The second-order valence-corrected chi connectivity index (χ2v) is 7.86. The van der Waals surface area contributed by atoms with Crippen LogP contribution in [0.3, 0.4) is 0 Å². The molecule has 0 saturated carbocycles. The number of benzene rings is 1. The van der Waals surface area contributed by atoms with Crippen molar-refractivity contribution in [1.29, 1.82) is 0 Å². The Kier molecular flexibility index (Phi) is 4.72. The van der Waals surface area contributed by atoms with Crippen molar-refractivity contribution < 1.29 is 9.90 Å². The third kappa shape index (κ3) is 3.61. The fourth-order valence-electron chi connectivity index (χ4n) is 3.97. The van der Waals surface area contributed by atoms with E-state index in [1.165, 1.54) is 5.56 Å². The van der Waals surface area contributed by atoms with Crippen molar-refractivity contribution in [2.45, 2.75) is 39.0 Å². The third-order valence-corrected chi connectivity index (χ3v) is 5.44. The standard InChI is InChI=1S/C21H26N4O2/c1-13(2)19-23-18-17(7-9-22-21(18)27)20(24-19)25-10-8-15(12-25)11-14-3-5-16(26)6-4-14/h3-6,13,15,26H,7-12H2,1-2H3,(H,22,27). The Labute approximate surface area is 159 Å². The molecule has 1 fully saturated rings. The van der Waals surface area contributed by atoms with Crippen LogP contribution in [-0.2, 0) is 12.8 Å². The number of carbonyl (C=O) groups is 1. The van der Waals surface area contributed by atoms with Gasteiger partial charge in [0.2, 0.25) is 0 Å². The van der Waals surface area contributed by atoms with Crippen LogP contribution >= 0.6 is 0 Å². The summed E-state index contributed by atoms with van der Waals surface area (Å²) in [6.45, 7) is 6.65. The monoisotopic (exact) mass is 366 g/mol. The molecule has 142 valence electrons. The molecule has 2 N–H and O–H groups in total. The first kappa shape index (κ1) is 17.8. The highest BCUT2D eigenvalue weighted by molar-refractivity contribution is 5.96. The Bertz CT molecular complexity index is 848. The fourth-order valence-corrected chi connectivity index (χ4v) is 3.97. The van der Waals surface area contributed by atoms with Crippen LogP contribution in [0.25, 0.3) is 0 Å². The quantitative estimate of drug-likeness (QED) is 0.870. The van der Waals surface area contributed by atoms with Crippen LogP contribution in [0.5, 0.6) is 5.75 Å². The minimum atomic E-state index is -0.0818. The molecular formula is C21H26N4O2. The van der Waals surface area contributed by atoms with Gasteiger partial charge in [0.25, 0.3) is 5.91 Å². The van der Waals surface area contributed by atoms with Crippen LogP contribution in [0.2, 0.25) is 0 Å². The molecule has 2 aliphatic heterocycles. The number of phenolic OH excluding ortho intramolecular Hbond substituents is 1. The first-order valence-corrected chi connectivity index (χ1v) is 9.73. The molecule has 2 aliphatic rings. The van der Waals surface area contributed by atoms with Gasteiger partial charge in [-0.3, -0.25) is 4.79 Å². The van der Waals surface area contributed by atoms with Crippen LogP contribution in [-0.4, -0.2) is 40.6 Å². The number of hydrogen-bond donors (Lipinski definition) is 2. The van der Waals surface area contributed by atoms with E-state index < -0.39 is 0 Å². The van der Waals surface area contributed by atoms with Crippen molar-refractivity contribution >= 4 is 11.7 Å². The Morgan fingerprint density at radius 1 is 1.26 bits per heavy atom. The predicted octanol–water partition coefficient (Wildman–Crippen LogP) is 2.66. The van der Waals surface area contributed by atoms with E-state index in [1.807, 2.05) is 12.1 Å². The Balaban J connectivity index is 1.58. The van der Waals surface area contributed by atoms with Crippen molar-refractivity contribution in [1.82, 2.24) is 15.3 Å². The number of nitrogens with zero attached hydrogens (tertiary/aromatic N) is 3. The molecule has 0 radical (unpaired) electrons. The molecule has 0 bridgehead atoms. The molecule has 2 aromatic rings. The lowest BCUT2D eigenvalue weighted by Gasteiger charge is -2.26. The molecule has 6 heteroatoms. The fraction of sp³-hybridized carbons (Fsp3) is 0.476. The molecular weight excluding hydrogens is 340 g/mol. The number of nitrogens with one attached hydrogen (secondary N) is 1. The van der Waals surface area contributed by atoms with E-state index in [9.17, 15) is 9.90 Å². The highest BCUT2D eigenvalue weighted by Crippen LogP contribution is 2.31. The van der Waals surface area contributed by atoms with Crippen LogP contribution < -0.4 is 10.2 Å². The van der Waals surface area contributed by atoms with E-state index >= 15 is 0 Å². The van der Waals surface area contributed by atoms with Gasteiger partial charge in [0, 0.05) is 31.1 Å². The average Bonchev–Trinajstić information content (AvgIpc) is 3.11.